The monoisotopic (exact) mass is 357 g/mol. The van der Waals surface area contributed by atoms with Crippen LogP contribution in [-0.4, -0.2) is 37.3 Å². The van der Waals surface area contributed by atoms with E-state index in [2.05, 4.69) is 20.3 Å². The van der Waals surface area contributed by atoms with Gasteiger partial charge >= 0.3 is 11.8 Å². The predicted octanol–water partition coefficient (Wildman–Crippen LogP) is 1.25. The fraction of sp³-hybridized carbons (Fsp3) is 0.353. The van der Waals surface area contributed by atoms with Crippen LogP contribution in [0.15, 0.2) is 21.7 Å². The normalized spacial score (nSPS) is 11.2. The Hall–Kier alpha value is -3.23. The van der Waals surface area contributed by atoms with E-state index in [1.165, 1.54) is 0 Å². The first-order chi connectivity index (χ1) is 12.4. The first-order valence-electron chi connectivity index (χ1n) is 8.25. The molecule has 9 nitrogen and oxygen atoms in total. The molecule has 26 heavy (non-hydrogen) atoms. The molecule has 136 valence electrons. The summed E-state index contributed by atoms with van der Waals surface area (Å²) in [7, 11) is 0. The lowest BCUT2D eigenvalue weighted by atomic mass is 10.1. The van der Waals surface area contributed by atoms with Crippen molar-refractivity contribution in [1.29, 1.82) is 0 Å². The number of H-pyrrole nitrogens is 1. The molecule has 0 spiro atoms. The Labute approximate surface area is 148 Å². The number of nitrogens with zero attached hydrogens (tertiary/aromatic N) is 3. The molecule has 3 rings (SSSR count). The van der Waals surface area contributed by atoms with E-state index in [9.17, 15) is 14.4 Å². The molecule has 3 N–H and O–H groups in total. The number of aromatic nitrogens is 4. The van der Waals surface area contributed by atoms with Gasteiger partial charge in [0, 0.05) is 13.1 Å². The third-order valence-corrected chi connectivity index (χ3v) is 4.31. The van der Waals surface area contributed by atoms with E-state index in [0.717, 1.165) is 16.6 Å². The quantitative estimate of drug-likeness (QED) is 0.465. The standard InChI is InChI=1S/C17H19N5O4/c1-9-7-11-12(8-10(9)2)22(6-4-3-5-18-17(25)26)14-13(19-11)15(23)21-16(24)20-14/h7-8,18H,3-6H2,1-2H3,(H,25,26)(H,21,23,24). The van der Waals surface area contributed by atoms with Crippen LogP contribution in [0, 0.1) is 13.8 Å². The number of aromatic amines is 1. The van der Waals surface area contributed by atoms with Crippen molar-refractivity contribution in [2.45, 2.75) is 33.2 Å². The molecule has 0 bridgehead atoms. The molecular weight excluding hydrogens is 338 g/mol. The lowest BCUT2D eigenvalue weighted by Crippen LogP contribution is -2.29. The van der Waals surface area contributed by atoms with Crippen LogP contribution in [0.3, 0.4) is 0 Å². The largest absolute Gasteiger partial charge is 0.465 e. The van der Waals surface area contributed by atoms with Crippen LogP contribution in [0.1, 0.15) is 24.0 Å². The van der Waals surface area contributed by atoms with Crippen LogP contribution in [0.4, 0.5) is 4.79 Å². The van der Waals surface area contributed by atoms with E-state index in [1.807, 2.05) is 30.5 Å². The minimum atomic E-state index is -1.06. The van der Waals surface area contributed by atoms with Crippen molar-refractivity contribution >= 4 is 17.1 Å². The number of benzene rings is 1. The Morgan fingerprint density at radius 3 is 2.65 bits per heavy atom. The summed E-state index contributed by atoms with van der Waals surface area (Å²) in [5, 5.41) is 10.9. The number of amides is 1. The molecule has 2 aliphatic rings. The van der Waals surface area contributed by atoms with E-state index in [4.69, 9.17) is 5.11 Å². The summed E-state index contributed by atoms with van der Waals surface area (Å²) in [6.45, 7) is 4.75. The number of carboxylic acid groups (broad SMARTS) is 1. The van der Waals surface area contributed by atoms with E-state index < -0.39 is 17.3 Å². The van der Waals surface area contributed by atoms with Gasteiger partial charge in [0.05, 0.1) is 11.0 Å². The van der Waals surface area contributed by atoms with Gasteiger partial charge in [0.2, 0.25) is 0 Å². The summed E-state index contributed by atoms with van der Waals surface area (Å²) in [6.07, 6.45) is 0.199. The molecule has 0 fully saturated rings. The minimum Gasteiger partial charge on any atom is -0.465 e. The van der Waals surface area contributed by atoms with Crippen molar-refractivity contribution in [3.05, 3.63) is 44.1 Å². The van der Waals surface area contributed by atoms with Gasteiger partial charge in [0.15, 0.2) is 11.5 Å². The summed E-state index contributed by atoms with van der Waals surface area (Å²) in [5.41, 5.74) is 2.37. The smallest absolute Gasteiger partial charge is 0.404 e. The fourth-order valence-corrected chi connectivity index (χ4v) is 2.87. The molecule has 2 aliphatic heterocycles. The summed E-state index contributed by atoms with van der Waals surface area (Å²) in [5.74, 6) is 0.237. The van der Waals surface area contributed by atoms with E-state index >= 15 is 0 Å². The van der Waals surface area contributed by atoms with Crippen molar-refractivity contribution in [3.63, 3.8) is 0 Å². The molecule has 0 unspecified atom stereocenters. The summed E-state index contributed by atoms with van der Waals surface area (Å²) < 4.78 is 1.81. The zero-order valence-corrected chi connectivity index (χ0v) is 14.5. The number of rotatable bonds is 5. The Balaban J connectivity index is 2.09. The van der Waals surface area contributed by atoms with Crippen LogP contribution in [0.5, 0.6) is 0 Å². The summed E-state index contributed by atoms with van der Waals surface area (Å²) >= 11 is 0. The van der Waals surface area contributed by atoms with Crippen LogP contribution in [0.2, 0.25) is 0 Å². The highest BCUT2D eigenvalue weighted by Crippen LogP contribution is 2.24. The third-order valence-electron chi connectivity index (χ3n) is 4.31. The fourth-order valence-electron chi connectivity index (χ4n) is 2.87. The lowest BCUT2D eigenvalue weighted by molar-refractivity contribution is 0.194. The number of hydrogen-bond donors (Lipinski definition) is 3. The van der Waals surface area contributed by atoms with Crippen LogP contribution in [-0.2, 0) is 6.54 Å². The Bertz CT molecular complexity index is 1070. The summed E-state index contributed by atoms with van der Waals surface area (Å²) in [6, 6.07) is 3.86. The summed E-state index contributed by atoms with van der Waals surface area (Å²) in [4.78, 5) is 44.8. The lowest BCUT2D eigenvalue weighted by Gasteiger charge is -2.17. The van der Waals surface area contributed by atoms with Gasteiger partial charge < -0.3 is 15.0 Å². The van der Waals surface area contributed by atoms with Gasteiger partial charge in [-0.3, -0.25) is 9.78 Å². The van der Waals surface area contributed by atoms with Gasteiger partial charge in [-0.15, -0.1) is 0 Å². The maximum absolute atomic E-state index is 12.2. The van der Waals surface area contributed by atoms with Crippen molar-refractivity contribution in [2.24, 2.45) is 0 Å². The van der Waals surface area contributed by atoms with Crippen molar-refractivity contribution in [2.75, 3.05) is 6.54 Å². The topological polar surface area (TPSA) is 130 Å². The van der Waals surface area contributed by atoms with Crippen molar-refractivity contribution < 1.29 is 9.90 Å². The van der Waals surface area contributed by atoms with Crippen LogP contribution < -0.4 is 16.6 Å². The number of nitrogens with one attached hydrogen (secondary N) is 2. The van der Waals surface area contributed by atoms with Gasteiger partial charge in [-0.1, -0.05) is 0 Å². The Morgan fingerprint density at radius 2 is 1.92 bits per heavy atom. The zero-order valence-electron chi connectivity index (χ0n) is 14.5. The highest BCUT2D eigenvalue weighted by Gasteiger charge is 2.18. The second-order valence-corrected chi connectivity index (χ2v) is 6.17. The predicted molar refractivity (Wildman–Crippen MR) is 95.8 cm³/mol. The van der Waals surface area contributed by atoms with Gasteiger partial charge in [-0.05, 0) is 49.9 Å². The number of carbonyl (C=O) groups is 1. The average Bonchev–Trinajstić information content (AvgIpc) is 2.56. The minimum absolute atomic E-state index is 0.115. The maximum Gasteiger partial charge on any atom is 0.404 e. The molecule has 9 heteroatoms. The Morgan fingerprint density at radius 1 is 1.19 bits per heavy atom. The molecular formula is C17H19N5O4. The average molecular weight is 357 g/mol. The van der Waals surface area contributed by atoms with Crippen LogP contribution >= 0.6 is 0 Å². The van der Waals surface area contributed by atoms with E-state index in [0.29, 0.717) is 31.4 Å². The van der Waals surface area contributed by atoms with Gasteiger partial charge in [0.1, 0.15) is 0 Å². The molecule has 1 amide bonds. The maximum atomic E-state index is 12.2. The number of unbranched alkanes of at least 4 members (excludes halogenated alkanes) is 1. The number of fused-ring (bicyclic) bond motifs is 2. The molecule has 0 aromatic heterocycles. The van der Waals surface area contributed by atoms with Gasteiger partial charge in [-0.2, -0.15) is 4.98 Å². The second kappa shape index (κ2) is 6.95. The first kappa shape index (κ1) is 17.6. The number of aryl methyl sites for hydroxylation is 3. The second-order valence-electron chi connectivity index (χ2n) is 6.17. The van der Waals surface area contributed by atoms with Gasteiger partial charge in [-0.25, -0.2) is 14.6 Å². The first-order valence-corrected chi connectivity index (χ1v) is 8.25. The molecule has 1 aromatic carbocycles. The Kier molecular flexibility index (Phi) is 4.70. The molecule has 0 saturated carbocycles. The molecule has 0 saturated heterocycles. The molecule has 0 aliphatic carbocycles. The van der Waals surface area contributed by atoms with Crippen molar-refractivity contribution in [1.82, 2.24) is 24.8 Å². The molecule has 0 atom stereocenters. The third kappa shape index (κ3) is 3.41. The zero-order chi connectivity index (χ0) is 18.8. The van der Waals surface area contributed by atoms with E-state index in [1.54, 1.807) is 0 Å². The molecule has 1 aromatic rings. The highest BCUT2D eigenvalue weighted by atomic mass is 16.4. The SMILES string of the molecule is Cc1cc2nc3c(=O)[nH]c(=O)nc-3n(CCCCNC(=O)O)c2cc1C. The highest BCUT2D eigenvalue weighted by molar-refractivity contribution is 5.81. The van der Waals surface area contributed by atoms with E-state index in [-0.39, 0.29) is 11.5 Å². The van der Waals surface area contributed by atoms with Crippen LogP contribution in [0.25, 0.3) is 22.6 Å². The van der Waals surface area contributed by atoms with Gasteiger partial charge in [0.25, 0.3) is 5.56 Å². The number of hydrogen-bond acceptors (Lipinski definition) is 5. The molecule has 0 radical (unpaired) electrons. The molecule has 2 heterocycles. The van der Waals surface area contributed by atoms with Crippen molar-refractivity contribution in [3.8, 4) is 11.5 Å².